The van der Waals surface area contributed by atoms with Crippen LogP contribution in [0.15, 0.2) is 66.2 Å². The molecule has 1 aromatic heterocycles. The van der Waals surface area contributed by atoms with Crippen molar-refractivity contribution in [3.8, 4) is 5.75 Å². The van der Waals surface area contributed by atoms with Gasteiger partial charge in [0, 0.05) is 17.7 Å². The molecule has 1 atom stereocenters. The predicted octanol–water partition coefficient (Wildman–Crippen LogP) is 5.85. The van der Waals surface area contributed by atoms with E-state index in [0.717, 1.165) is 15.8 Å². The molecule has 192 valence electrons. The zero-order valence-electron chi connectivity index (χ0n) is 20.8. The molecule has 1 unspecified atom stereocenters. The van der Waals surface area contributed by atoms with E-state index in [1.807, 2.05) is 32.9 Å². The molecule has 2 heterocycles. The Bertz CT molecular complexity index is 1640. The summed E-state index contributed by atoms with van der Waals surface area (Å²) in [5.41, 5.74) is 3.13. The number of non-ortho nitro benzene ring substituents is 1. The molecule has 38 heavy (non-hydrogen) atoms. The molecule has 1 aliphatic heterocycles. The van der Waals surface area contributed by atoms with Gasteiger partial charge in [0.05, 0.1) is 33.4 Å². The number of nitro benzene ring substituents is 1. The van der Waals surface area contributed by atoms with E-state index in [1.54, 1.807) is 24.3 Å². The van der Waals surface area contributed by atoms with Gasteiger partial charge in [0.15, 0.2) is 5.13 Å². The van der Waals surface area contributed by atoms with Crippen LogP contribution >= 0.6 is 11.3 Å². The van der Waals surface area contributed by atoms with E-state index < -0.39 is 22.7 Å². The second-order valence-electron chi connectivity index (χ2n) is 8.90. The van der Waals surface area contributed by atoms with Crippen LogP contribution in [0.5, 0.6) is 5.75 Å². The van der Waals surface area contributed by atoms with Gasteiger partial charge in [-0.3, -0.25) is 24.6 Å². The first-order valence-corrected chi connectivity index (χ1v) is 12.7. The van der Waals surface area contributed by atoms with Gasteiger partial charge < -0.3 is 9.84 Å². The number of carbonyl (C=O) groups excluding carboxylic acids is 2. The quantitative estimate of drug-likeness (QED) is 0.109. The van der Waals surface area contributed by atoms with Crippen LogP contribution in [0.3, 0.4) is 0 Å². The van der Waals surface area contributed by atoms with Crippen LogP contribution in [0.4, 0.5) is 10.8 Å². The smallest absolute Gasteiger partial charge is 0.301 e. The normalized spacial score (nSPS) is 16.8. The number of anilines is 1. The number of rotatable bonds is 6. The van der Waals surface area contributed by atoms with Gasteiger partial charge in [-0.25, -0.2) is 4.98 Å². The number of aromatic nitrogens is 1. The van der Waals surface area contributed by atoms with E-state index in [-0.39, 0.29) is 17.0 Å². The zero-order chi connectivity index (χ0) is 27.1. The van der Waals surface area contributed by atoms with Gasteiger partial charge in [0.2, 0.25) is 0 Å². The third-order valence-electron chi connectivity index (χ3n) is 6.31. The molecule has 0 radical (unpaired) electrons. The molecule has 1 aliphatic rings. The Morgan fingerprint density at radius 1 is 1.13 bits per heavy atom. The molecular weight excluding hydrogens is 506 g/mol. The lowest BCUT2D eigenvalue weighted by atomic mass is 9.95. The topological polar surface area (TPSA) is 123 Å². The van der Waals surface area contributed by atoms with Gasteiger partial charge in [-0.05, 0) is 67.8 Å². The second-order valence-corrected chi connectivity index (χ2v) is 9.91. The Morgan fingerprint density at radius 2 is 1.87 bits per heavy atom. The van der Waals surface area contributed by atoms with Gasteiger partial charge >= 0.3 is 5.91 Å². The number of aliphatic hydroxyl groups excluding tert-OH is 1. The summed E-state index contributed by atoms with van der Waals surface area (Å²) in [6.45, 7) is 6.12. The van der Waals surface area contributed by atoms with Crippen molar-refractivity contribution in [2.75, 3.05) is 11.5 Å². The fraction of sp³-hybridized carbons (Fsp3) is 0.179. The molecule has 1 N–H and O–H groups in total. The van der Waals surface area contributed by atoms with Gasteiger partial charge in [0.25, 0.3) is 11.5 Å². The van der Waals surface area contributed by atoms with E-state index in [1.165, 1.54) is 40.5 Å². The van der Waals surface area contributed by atoms with E-state index in [0.29, 0.717) is 34.1 Å². The molecule has 5 rings (SSSR count). The molecule has 0 bridgehead atoms. The van der Waals surface area contributed by atoms with Gasteiger partial charge in [-0.1, -0.05) is 29.5 Å². The summed E-state index contributed by atoms with van der Waals surface area (Å²) >= 11 is 1.26. The second kappa shape index (κ2) is 9.71. The molecule has 0 saturated carbocycles. The third-order valence-corrected chi connectivity index (χ3v) is 7.31. The lowest BCUT2D eigenvalue weighted by molar-refractivity contribution is -0.384. The SMILES string of the molecule is CCOc1cccc(/C(O)=C2\C(=O)C(=O)N(c3nc4c(C)cc(C)cc4s3)C2c2ccc([N+](=O)[O-])cc2)c1. The highest BCUT2D eigenvalue weighted by atomic mass is 32.1. The number of ketones is 1. The summed E-state index contributed by atoms with van der Waals surface area (Å²) in [5, 5.41) is 22.9. The molecule has 1 saturated heterocycles. The van der Waals surface area contributed by atoms with Gasteiger partial charge in [0.1, 0.15) is 11.5 Å². The lowest BCUT2D eigenvalue weighted by Crippen LogP contribution is -2.29. The van der Waals surface area contributed by atoms with Crippen molar-refractivity contribution in [1.82, 2.24) is 4.98 Å². The lowest BCUT2D eigenvalue weighted by Gasteiger charge is -2.23. The van der Waals surface area contributed by atoms with Crippen molar-refractivity contribution >= 4 is 49.8 Å². The minimum absolute atomic E-state index is 0.135. The Labute approximate surface area is 221 Å². The number of Topliss-reactive ketones (excluding diaryl/α,β-unsaturated/α-hetero) is 1. The van der Waals surface area contributed by atoms with Crippen molar-refractivity contribution in [2.45, 2.75) is 26.8 Å². The Balaban J connectivity index is 1.72. The summed E-state index contributed by atoms with van der Waals surface area (Å²) in [5.74, 6) is -1.59. The first-order chi connectivity index (χ1) is 18.2. The highest BCUT2D eigenvalue weighted by Crippen LogP contribution is 2.45. The maximum absolute atomic E-state index is 13.5. The van der Waals surface area contributed by atoms with Crippen LogP contribution in [0.1, 0.15) is 35.2 Å². The van der Waals surface area contributed by atoms with Crippen LogP contribution in [-0.2, 0) is 9.59 Å². The standard InChI is InChI=1S/C28H23N3O6S/c1-4-37-20-7-5-6-18(14-20)25(32)22-24(17-8-10-19(11-9-17)31(35)36)30(27(34)26(22)33)28-29-23-16(3)12-15(2)13-21(23)38-28/h5-14,24,32H,4H2,1-3H3/b25-22+. The van der Waals surface area contributed by atoms with Crippen LogP contribution in [0.2, 0.25) is 0 Å². The third kappa shape index (κ3) is 4.28. The average molecular weight is 530 g/mol. The summed E-state index contributed by atoms with van der Waals surface area (Å²) in [6.07, 6.45) is 0. The van der Waals surface area contributed by atoms with E-state index >= 15 is 0 Å². The van der Waals surface area contributed by atoms with Crippen molar-refractivity contribution in [3.05, 3.63) is 98.6 Å². The summed E-state index contributed by atoms with van der Waals surface area (Å²) < 4.78 is 6.38. The fourth-order valence-electron chi connectivity index (χ4n) is 4.64. The van der Waals surface area contributed by atoms with Crippen molar-refractivity contribution < 1.29 is 24.4 Å². The number of nitro groups is 1. The number of carbonyl (C=O) groups is 2. The van der Waals surface area contributed by atoms with E-state index in [4.69, 9.17) is 4.74 Å². The van der Waals surface area contributed by atoms with Crippen LogP contribution < -0.4 is 9.64 Å². The molecule has 4 aromatic rings. The number of hydrogen-bond acceptors (Lipinski definition) is 8. The number of aryl methyl sites for hydroxylation is 2. The van der Waals surface area contributed by atoms with Crippen molar-refractivity contribution in [2.24, 2.45) is 0 Å². The highest BCUT2D eigenvalue weighted by molar-refractivity contribution is 7.22. The maximum Gasteiger partial charge on any atom is 0.301 e. The molecule has 1 amide bonds. The number of nitrogens with zero attached hydrogens (tertiary/aromatic N) is 3. The number of hydrogen-bond donors (Lipinski definition) is 1. The molecule has 1 fully saturated rings. The Hall–Kier alpha value is -4.57. The fourth-order valence-corrected chi connectivity index (χ4v) is 5.81. The summed E-state index contributed by atoms with van der Waals surface area (Å²) in [7, 11) is 0. The van der Waals surface area contributed by atoms with Crippen molar-refractivity contribution in [3.63, 3.8) is 0 Å². The minimum Gasteiger partial charge on any atom is -0.507 e. The summed E-state index contributed by atoms with van der Waals surface area (Å²) in [6, 6.07) is 15.1. The Morgan fingerprint density at radius 3 is 2.55 bits per heavy atom. The minimum atomic E-state index is -1.05. The molecular formula is C28H23N3O6S. The zero-order valence-corrected chi connectivity index (χ0v) is 21.6. The van der Waals surface area contributed by atoms with E-state index in [2.05, 4.69) is 4.98 Å². The number of aliphatic hydroxyl groups is 1. The summed E-state index contributed by atoms with van der Waals surface area (Å²) in [4.78, 5) is 43.6. The first kappa shape index (κ1) is 25.1. The maximum atomic E-state index is 13.5. The van der Waals surface area contributed by atoms with Gasteiger partial charge in [-0.2, -0.15) is 0 Å². The van der Waals surface area contributed by atoms with Crippen LogP contribution in [0.25, 0.3) is 16.0 Å². The Kier molecular flexibility index (Phi) is 6.41. The number of ether oxygens (including phenoxy) is 1. The highest BCUT2D eigenvalue weighted by Gasteiger charge is 2.48. The molecule has 10 heteroatoms. The predicted molar refractivity (Wildman–Crippen MR) is 145 cm³/mol. The number of benzene rings is 3. The van der Waals surface area contributed by atoms with Crippen LogP contribution in [0, 0.1) is 24.0 Å². The average Bonchev–Trinajstić information content (AvgIpc) is 3.42. The number of fused-ring (bicyclic) bond motifs is 1. The monoisotopic (exact) mass is 529 g/mol. The molecule has 0 spiro atoms. The molecule has 9 nitrogen and oxygen atoms in total. The van der Waals surface area contributed by atoms with Crippen LogP contribution in [-0.4, -0.2) is 33.3 Å². The first-order valence-electron chi connectivity index (χ1n) is 11.9. The molecule has 3 aromatic carbocycles. The largest absolute Gasteiger partial charge is 0.507 e. The van der Waals surface area contributed by atoms with Gasteiger partial charge in [-0.15, -0.1) is 0 Å². The number of thiazole rings is 1. The van der Waals surface area contributed by atoms with E-state index in [9.17, 15) is 24.8 Å². The molecule has 0 aliphatic carbocycles. The van der Waals surface area contributed by atoms with Crippen molar-refractivity contribution in [1.29, 1.82) is 0 Å². The number of amides is 1.